The molecule has 7 nitrogen and oxygen atoms in total. The van der Waals surface area contributed by atoms with Crippen molar-refractivity contribution in [1.82, 2.24) is 5.43 Å². The summed E-state index contributed by atoms with van der Waals surface area (Å²) in [4.78, 5) is 11.8. The van der Waals surface area contributed by atoms with Crippen LogP contribution in [0, 0.1) is 0 Å². The molecular formula is C14H15ClN2O5. The minimum atomic E-state index is -0.879. The molecule has 1 amide bonds. The fraction of sp³-hybridized carbons (Fsp3) is 0.429. The van der Waals surface area contributed by atoms with Crippen LogP contribution in [-0.2, 0) is 14.3 Å². The van der Waals surface area contributed by atoms with Crippen LogP contribution >= 0.6 is 11.6 Å². The maximum Gasteiger partial charge on any atom is 0.245 e. The van der Waals surface area contributed by atoms with Gasteiger partial charge in [-0.1, -0.05) is 11.6 Å². The van der Waals surface area contributed by atoms with Crippen molar-refractivity contribution in [1.29, 1.82) is 0 Å². The molecule has 8 heteroatoms. The first kappa shape index (κ1) is 15.1. The second-order valence-corrected chi connectivity index (χ2v) is 5.43. The molecule has 3 rings (SSSR count). The lowest BCUT2D eigenvalue weighted by Gasteiger charge is -2.20. The zero-order valence-electron chi connectivity index (χ0n) is 11.9. The average Bonchev–Trinajstić information content (AvgIpc) is 3.07. The summed E-state index contributed by atoms with van der Waals surface area (Å²) in [6, 6.07) is 3.35. The number of carbonyl (C=O) groups excluding carboxylic acids is 1. The van der Waals surface area contributed by atoms with E-state index in [9.17, 15) is 4.79 Å². The van der Waals surface area contributed by atoms with E-state index in [0.29, 0.717) is 35.3 Å². The van der Waals surface area contributed by atoms with Crippen LogP contribution in [0.3, 0.4) is 0 Å². The van der Waals surface area contributed by atoms with Crippen molar-refractivity contribution in [2.24, 2.45) is 5.10 Å². The maximum absolute atomic E-state index is 11.8. The Hall–Kier alpha value is -1.83. The normalized spacial score (nSPS) is 18.8. The largest absolute Gasteiger partial charge is 0.454 e. The molecule has 1 fully saturated rings. The minimum absolute atomic E-state index is 0.0687. The molecule has 0 radical (unpaired) electrons. The van der Waals surface area contributed by atoms with Crippen molar-refractivity contribution in [3.05, 3.63) is 22.7 Å². The van der Waals surface area contributed by atoms with Gasteiger partial charge in [0.15, 0.2) is 17.3 Å². The van der Waals surface area contributed by atoms with E-state index < -0.39 is 5.79 Å². The van der Waals surface area contributed by atoms with E-state index in [1.54, 1.807) is 19.1 Å². The SMILES string of the molecule is CC1(CC(=O)NN=Cc2cc3c(cc2Cl)OCO3)OCCO1. The van der Waals surface area contributed by atoms with Gasteiger partial charge in [-0.2, -0.15) is 5.10 Å². The summed E-state index contributed by atoms with van der Waals surface area (Å²) in [6.45, 7) is 2.86. The zero-order chi connectivity index (χ0) is 15.6. The summed E-state index contributed by atoms with van der Waals surface area (Å²) in [7, 11) is 0. The molecule has 0 atom stereocenters. The molecule has 2 aliphatic rings. The van der Waals surface area contributed by atoms with Crippen LogP contribution in [0.1, 0.15) is 18.9 Å². The van der Waals surface area contributed by atoms with Gasteiger partial charge in [-0.05, 0) is 13.0 Å². The number of halogens is 1. The van der Waals surface area contributed by atoms with Gasteiger partial charge in [0, 0.05) is 11.6 Å². The highest BCUT2D eigenvalue weighted by Crippen LogP contribution is 2.36. The van der Waals surface area contributed by atoms with Crippen molar-refractivity contribution in [3.8, 4) is 11.5 Å². The molecule has 0 bridgehead atoms. The molecule has 0 aliphatic carbocycles. The Labute approximate surface area is 132 Å². The summed E-state index contributed by atoms with van der Waals surface area (Å²) in [5.41, 5.74) is 3.03. The molecule has 22 heavy (non-hydrogen) atoms. The molecule has 1 saturated heterocycles. The summed E-state index contributed by atoms with van der Waals surface area (Å²) in [5.74, 6) is 0.000288. The lowest BCUT2D eigenvalue weighted by molar-refractivity contribution is -0.159. The van der Waals surface area contributed by atoms with E-state index in [4.69, 9.17) is 30.5 Å². The summed E-state index contributed by atoms with van der Waals surface area (Å²) < 4.78 is 21.2. The maximum atomic E-state index is 11.8. The minimum Gasteiger partial charge on any atom is -0.454 e. The van der Waals surface area contributed by atoms with E-state index in [1.807, 2.05) is 0 Å². The van der Waals surface area contributed by atoms with E-state index in [2.05, 4.69) is 10.5 Å². The van der Waals surface area contributed by atoms with Crippen LogP contribution in [0.4, 0.5) is 0 Å². The number of hydrogen-bond donors (Lipinski definition) is 1. The molecule has 0 spiro atoms. The number of carbonyl (C=O) groups is 1. The summed E-state index contributed by atoms with van der Waals surface area (Å²) in [6.07, 6.45) is 1.51. The van der Waals surface area contributed by atoms with Crippen molar-refractivity contribution in [2.45, 2.75) is 19.1 Å². The molecule has 0 saturated carbocycles. The first-order valence-electron chi connectivity index (χ1n) is 6.75. The Bertz CT molecular complexity index is 613. The molecule has 1 N–H and O–H groups in total. The highest BCUT2D eigenvalue weighted by Gasteiger charge is 2.33. The number of fused-ring (bicyclic) bond motifs is 1. The van der Waals surface area contributed by atoms with Crippen molar-refractivity contribution in [2.75, 3.05) is 20.0 Å². The highest BCUT2D eigenvalue weighted by atomic mass is 35.5. The summed E-state index contributed by atoms with van der Waals surface area (Å²) >= 11 is 6.10. The standard InChI is InChI=1S/C14H15ClN2O5/c1-14(21-2-3-22-14)6-13(18)17-16-7-9-4-11-12(5-10(9)15)20-8-19-11/h4-5,7H,2-3,6,8H2,1H3,(H,17,18). The Morgan fingerprint density at radius 3 is 2.77 bits per heavy atom. The van der Waals surface area contributed by atoms with E-state index in [1.165, 1.54) is 6.21 Å². The second-order valence-electron chi connectivity index (χ2n) is 5.03. The number of ether oxygens (including phenoxy) is 4. The molecule has 2 aliphatic heterocycles. The number of amides is 1. The number of rotatable bonds is 4. The Balaban J connectivity index is 1.59. The summed E-state index contributed by atoms with van der Waals surface area (Å²) in [5, 5.41) is 4.34. The first-order chi connectivity index (χ1) is 10.6. The predicted molar refractivity (Wildman–Crippen MR) is 78.2 cm³/mol. The molecule has 1 aromatic carbocycles. The molecule has 1 aromatic rings. The van der Waals surface area contributed by atoms with Gasteiger partial charge in [0.2, 0.25) is 12.7 Å². The molecule has 2 heterocycles. The highest BCUT2D eigenvalue weighted by molar-refractivity contribution is 6.33. The van der Waals surface area contributed by atoms with Crippen LogP contribution in [0.5, 0.6) is 11.5 Å². The third kappa shape index (κ3) is 3.32. The third-order valence-electron chi connectivity index (χ3n) is 3.26. The van der Waals surface area contributed by atoms with E-state index in [0.717, 1.165) is 0 Å². The van der Waals surface area contributed by atoms with Crippen LogP contribution < -0.4 is 14.9 Å². The van der Waals surface area contributed by atoms with E-state index >= 15 is 0 Å². The van der Waals surface area contributed by atoms with Crippen LogP contribution in [0.2, 0.25) is 5.02 Å². The van der Waals surface area contributed by atoms with Gasteiger partial charge in [-0.3, -0.25) is 4.79 Å². The predicted octanol–water partition coefficient (Wildman–Crippen LogP) is 1.67. The number of nitrogens with one attached hydrogen (secondary N) is 1. The molecule has 0 aromatic heterocycles. The van der Waals surface area contributed by atoms with Gasteiger partial charge >= 0.3 is 0 Å². The quantitative estimate of drug-likeness (QED) is 0.672. The fourth-order valence-electron chi connectivity index (χ4n) is 2.20. The van der Waals surface area contributed by atoms with E-state index in [-0.39, 0.29) is 19.1 Å². The smallest absolute Gasteiger partial charge is 0.245 e. The van der Waals surface area contributed by atoms with Crippen LogP contribution in [0.25, 0.3) is 0 Å². The van der Waals surface area contributed by atoms with Crippen molar-refractivity contribution >= 4 is 23.7 Å². The third-order valence-corrected chi connectivity index (χ3v) is 3.59. The van der Waals surface area contributed by atoms with Crippen LogP contribution in [-0.4, -0.2) is 37.9 Å². The lowest BCUT2D eigenvalue weighted by atomic mass is 10.2. The Morgan fingerprint density at radius 2 is 2.05 bits per heavy atom. The van der Waals surface area contributed by atoms with Gasteiger partial charge in [-0.15, -0.1) is 0 Å². The monoisotopic (exact) mass is 326 g/mol. The Morgan fingerprint density at radius 1 is 1.36 bits per heavy atom. The number of hydrogen-bond acceptors (Lipinski definition) is 6. The zero-order valence-corrected chi connectivity index (χ0v) is 12.7. The van der Waals surface area contributed by atoms with Gasteiger partial charge in [-0.25, -0.2) is 5.43 Å². The molecule has 0 unspecified atom stereocenters. The number of benzene rings is 1. The van der Waals surface area contributed by atoms with Gasteiger partial charge in [0.05, 0.1) is 30.9 Å². The topological polar surface area (TPSA) is 78.4 Å². The van der Waals surface area contributed by atoms with Crippen LogP contribution in [0.15, 0.2) is 17.2 Å². The molecule has 118 valence electrons. The van der Waals surface area contributed by atoms with Gasteiger partial charge in [0.25, 0.3) is 0 Å². The van der Waals surface area contributed by atoms with Crippen molar-refractivity contribution < 1.29 is 23.7 Å². The van der Waals surface area contributed by atoms with Gasteiger partial charge in [0.1, 0.15) is 0 Å². The second kappa shape index (κ2) is 6.12. The molecular weight excluding hydrogens is 312 g/mol. The fourth-order valence-corrected chi connectivity index (χ4v) is 2.40. The Kier molecular flexibility index (Phi) is 4.19. The average molecular weight is 327 g/mol. The lowest BCUT2D eigenvalue weighted by Crippen LogP contribution is -2.33. The van der Waals surface area contributed by atoms with Gasteiger partial charge < -0.3 is 18.9 Å². The van der Waals surface area contributed by atoms with Crippen molar-refractivity contribution in [3.63, 3.8) is 0 Å². The number of hydrazone groups is 1. The first-order valence-corrected chi connectivity index (χ1v) is 7.12. The number of nitrogens with zero attached hydrogens (tertiary/aromatic N) is 1.